The summed E-state index contributed by atoms with van der Waals surface area (Å²) in [7, 11) is 0. The molecule has 0 saturated heterocycles. The van der Waals surface area contributed by atoms with Crippen LogP contribution in [-0.4, -0.2) is 14.8 Å². The van der Waals surface area contributed by atoms with Gasteiger partial charge in [-0.25, -0.2) is 4.98 Å². The van der Waals surface area contributed by atoms with Crippen molar-refractivity contribution in [2.45, 2.75) is 23.9 Å². The summed E-state index contributed by atoms with van der Waals surface area (Å²) in [5, 5.41) is 10.6. The zero-order chi connectivity index (χ0) is 17.1. The third-order valence-electron chi connectivity index (χ3n) is 3.54. The lowest BCUT2D eigenvalue weighted by atomic mass is 10.2. The highest BCUT2D eigenvalue weighted by molar-refractivity contribution is 8.00. The molecule has 0 saturated carbocycles. The number of hydrogen-bond donors (Lipinski definition) is 0. The molecule has 1 atom stereocenters. The molecule has 0 amide bonds. The first-order valence-corrected chi connectivity index (χ1v) is 8.64. The largest absolute Gasteiger partial charge is 0.283 e. The fourth-order valence-electron chi connectivity index (χ4n) is 2.33. The molecule has 24 heavy (non-hydrogen) atoms. The van der Waals surface area contributed by atoms with E-state index in [0.717, 1.165) is 5.56 Å². The average molecular weight is 356 g/mol. The van der Waals surface area contributed by atoms with Gasteiger partial charge in [-0.15, -0.1) is 0 Å². The summed E-state index contributed by atoms with van der Waals surface area (Å²) in [6.45, 7) is 2.17. The van der Waals surface area contributed by atoms with Crippen molar-refractivity contribution in [2.24, 2.45) is 0 Å². The van der Waals surface area contributed by atoms with Gasteiger partial charge in [-0.1, -0.05) is 47.6 Å². The molecule has 4 nitrogen and oxygen atoms in total. The van der Waals surface area contributed by atoms with E-state index >= 15 is 0 Å². The molecule has 1 heterocycles. The van der Waals surface area contributed by atoms with Crippen molar-refractivity contribution in [1.29, 1.82) is 5.26 Å². The van der Waals surface area contributed by atoms with Crippen LogP contribution in [0.3, 0.4) is 0 Å². The zero-order valence-corrected chi connectivity index (χ0v) is 14.5. The quantitative estimate of drug-likeness (QED) is 0.522. The lowest BCUT2D eigenvalue weighted by Crippen LogP contribution is -2.24. The van der Waals surface area contributed by atoms with E-state index in [1.54, 1.807) is 29.7 Å². The third kappa shape index (κ3) is 3.45. The fourth-order valence-corrected chi connectivity index (χ4v) is 3.25. The Hall–Kier alpha value is -2.29. The van der Waals surface area contributed by atoms with Gasteiger partial charge in [0.05, 0.1) is 28.8 Å². The van der Waals surface area contributed by atoms with E-state index in [1.165, 1.54) is 11.8 Å². The van der Waals surface area contributed by atoms with Gasteiger partial charge in [0, 0.05) is 5.02 Å². The molecule has 0 aliphatic rings. The normalized spacial score (nSPS) is 12.0. The van der Waals surface area contributed by atoms with Crippen molar-refractivity contribution in [1.82, 2.24) is 9.55 Å². The number of rotatable bonds is 4. The molecule has 3 rings (SSSR count). The standard InChI is InChI=1S/C18H14ClN3OS/c1-12(10-20)24-18-21-16-5-3-2-4-15(16)17(23)22(18)11-13-6-8-14(19)9-7-13/h2-9,12H,11H2,1H3/t12-/m0/s1. The van der Waals surface area contributed by atoms with Crippen molar-refractivity contribution in [3.8, 4) is 6.07 Å². The number of halogens is 1. The van der Waals surface area contributed by atoms with Crippen LogP contribution in [0.2, 0.25) is 5.02 Å². The van der Waals surface area contributed by atoms with E-state index in [-0.39, 0.29) is 10.8 Å². The second-order valence-corrected chi connectivity index (χ2v) is 7.06. The van der Waals surface area contributed by atoms with Crippen molar-refractivity contribution in [3.63, 3.8) is 0 Å². The van der Waals surface area contributed by atoms with E-state index in [1.807, 2.05) is 30.3 Å². The second-order valence-electron chi connectivity index (χ2n) is 5.32. The lowest BCUT2D eigenvalue weighted by molar-refractivity contribution is 0.657. The van der Waals surface area contributed by atoms with Gasteiger partial charge in [-0.3, -0.25) is 9.36 Å². The fraction of sp³-hybridized carbons (Fsp3) is 0.167. The molecule has 1 aromatic heterocycles. The molecule has 3 aromatic rings. The lowest BCUT2D eigenvalue weighted by Gasteiger charge is -2.14. The Labute approximate surface area is 148 Å². The van der Waals surface area contributed by atoms with Gasteiger partial charge in [-0.2, -0.15) is 5.26 Å². The van der Waals surface area contributed by atoms with Crippen LogP contribution in [0.4, 0.5) is 0 Å². The molecule has 0 N–H and O–H groups in total. The summed E-state index contributed by atoms with van der Waals surface area (Å²) in [4.78, 5) is 17.5. The Morgan fingerprint density at radius 2 is 1.96 bits per heavy atom. The monoisotopic (exact) mass is 355 g/mol. The molecular formula is C18H14ClN3OS. The Balaban J connectivity index is 2.13. The van der Waals surface area contributed by atoms with Gasteiger partial charge in [0.2, 0.25) is 0 Å². The van der Waals surface area contributed by atoms with E-state index in [4.69, 9.17) is 16.9 Å². The molecule has 0 aliphatic heterocycles. The summed E-state index contributed by atoms with van der Waals surface area (Å²) in [5.74, 6) is 0. The minimum atomic E-state index is -0.297. The minimum absolute atomic E-state index is 0.108. The number of aromatic nitrogens is 2. The maximum absolute atomic E-state index is 12.9. The maximum atomic E-state index is 12.9. The summed E-state index contributed by atoms with van der Waals surface area (Å²) in [6.07, 6.45) is 0. The van der Waals surface area contributed by atoms with E-state index in [0.29, 0.717) is 27.6 Å². The first-order valence-electron chi connectivity index (χ1n) is 7.39. The van der Waals surface area contributed by atoms with Crippen molar-refractivity contribution in [3.05, 3.63) is 69.5 Å². The molecule has 6 heteroatoms. The van der Waals surface area contributed by atoms with Crippen LogP contribution < -0.4 is 5.56 Å². The number of thioether (sulfide) groups is 1. The van der Waals surface area contributed by atoms with E-state index in [9.17, 15) is 4.79 Å². The highest BCUT2D eigenvalue weighted by Crippen LogP contribution is 2.23. The molecule has 0 fully saturated rings. The number of nitrogens with zero attached hydrogens (tertiary/aromatic N) is 3. The number of benzene rings is 2. The minimum Gasteiger partial charge on any atom is -0.283 e. The number of para-hydroxylation sites is 1. The summed E-state index contributed by atoms with van der Waals surface area (Å²) in [5.41, 5.74) is 1.48. The zero-order valence-electron chi connectivity index (χ0n) is 12.9. The van der Waals surface area contributed by atoms with Crippen molar-refractivity contribution < 1.29 is 0 Å². The first-order chi connectivity index (χ1) is 11.6. The van der Waals surface area contributed by atoms with Crippen molar-refractivity contribution in [2.75, 3.05) is 0 Å². The summed E-state index contributed by atoms with van der Waals surface area (Å²) >= 11 is 7.21. The molecule has 2 aromatic carbocycles. The molecule has 120 valence electrons. The third-order valence-corrected chi connectivity index (χ3v) is 4.78. The van der Waals surface area contributed by atoms with Gasteiger partial charge in [0.25, 0.3) is 5.56 Å². The van der Waals surface area contributed by atoms with Crippen molar-refractivity contribution >= 4 is 34.3 Å². The number of nitriles is 1. The molecule has 0 radical (unpaired) electrons. The van der Waals surface area contributed by atoms with Crippen LogP contribution >= 0.6 is 23.4 Å². The van der Waals surface area contributed by atoms with Crippen LogP contribution in [0.1, 0.15) is 12.5 Å². The molecule has 0 bridgehead atoms. The van der Waals surface area contributed by atoms with Gasteiger partial charge in [0.1, 0.15) is 0 Å². The predicted octanol–water partition coefficient (Wildman–Crippen LogP) is 4.10. The molecule has 0 unspecified atom stereocenters. The smallest absolute Gasteiger partial charge is 0.262 e. The number of hydrogen-bond acceptors (Lipinski definition) is 4. The molecular weight excluding hydrogens is 342 g/mol. The topological polar surface area (TPSA) is 58.7 Å². The first kappa shape index (κ1) is 16.6. The Bertz CT molecular complexity index is 976. The van der Waals surface area contributed by atoms with Gasteiger partial charge in [-0.05, 0) is 36.8 Å². The number of fused-ring (bicyclic) bond motifs is 1. The van der Waals surface area contributed by atoms with Crippen LogP contribution in [0.25, 0.3) is 10.9 Å². The highest BCUT2D eigenvalue weighted by atomic mass is 35.5. The Morgan fingerprint density at radius 1 is 1.25 bits per heavy atom. The summed E-state index contributed by atoms with van der Waals surface area (Å²) < 4.78 is 1.62. The van der Waals surface area contributed by atoms with Gasteiger partial charge >= 0.3 is 0 Å². The van der Waals surface area contributed by atoms with Crippen LogP contribution in [0, 0.1) is 11.3 Å². The Morgan fingerprint density at radius 3 is 2.67 bits per heavy atom. The van der Waals surface area contributed by atoms with Gasteiger partial charge < -0.3 is 0 Å². The van der Waals surface area contributed by atoms with Crippen LogP contribution in [0.5, 0.6) is 0 Å². The molecule has 0 spiro atoms. The van der Waals surface area contributed by atoms with Gasteiger partial charge in [0.15, 0.2) is 5.16 Å². The van der Waals surface area contributed by atoms with Crippen LogP contribution in [0.15, 0.2) is 58.5 Å². The average Bonchev–Trinajstić information content (AvgIpc) is 2.60. The maximum Gasteiger partial charge on any atom is 0.262 e. The van der Waals surface area contributed by atoms with E-state index < -0.39 is 0 Å². The second kappa shape index (κ2) is 7.08. The molecule has 0 aliphatic carbocycles. The highest BCUT2D eigenvalue weighted by Gasteiger charge is 2.14. The van der Waals surface area contributed by atoms with Crippen LogP contribution in [-0.2, 0) is 6.54 Å². The predicted molar refractivity (Wildman–Crippen MR) is 97.5 cm³/mol. The Kier molecular flexibility index (Phi) is 4.89. The SMILES string of the molecule is C[C@@H](C#N)Sc1nc2ccccc2c(=O)n1Cc1ccc(Cl)cc1. The summed E-state index contributed by atoms with van der Waals surface area (Å²) in [6, 6.07) is 16.8. The van der Waals surface area contributed by atoms with E-state index in [2.05, 4.69) is 11.1 Å².